The summed E-state index contributed by atoms with van der Waals surface area (Å²) >= 11 is 7.69. The van der Waals surface area contributed by atoms with Crippen molar-refractivity contribution < 1.29 is 23.6 Å². The number of benzene rings is 3. The Hall–Kier alpha value is -3.89. The summed E-state index contributed by atoms with van der Waals surface area (Å²) in [6.07, 6.45) is 1.68. The standard InChI is InChI=1S/C26H21ClFN3O5S/c1-3-30-25(32)23(37-26(30)29-19-9-7-18(28)8-10-19)14-17-12-21(27)24(22(13-17)35-2)36-15-16-5-4-6-20(11-16)31(33)34/h4-14H,3,15H2,1-2H3/b23-14+,29-26?. The third kappa shape index (κ3) is 6.10. The summed E-state index contributed by atoms with van der Waals surface area (Å²) < 4.78 is 24.5. The first-order valence-electron chi connectivity index (χ1n) is 11.1. The normalized spacial score (nSPS) is 15.5. The van der Waals surface area contributed by atoms with Crippen LogP contribution in [0.15, 0.2) is 70.6 Å². The van der Waals surface area contributed by atoms with Crippen LogP contribution in [0, 0.1) is 15.9 Å². The first-order valence-corrected chi connectivity index (χ1v) is 12.3. The van der Waals surface area contributed by atoms with E-state index in [1.807, 2.05) is 6.92 Å². The predicted octanol–water partition coefficient (Wildman–Crippen LogP) is 6.60. The van der Waals surface area contributed by atoms with Crippen LogP contribution in [0.3, 0.4) is 0 Å². The van der Waals surface area contributed by atoms with Gasteiger partial charge in [-0.3, -0.25) is 19.8 Å². The monoisotopic (exact) mass is 541 g/mol. The molecule has 0 unspecified atom stereocenters. The maximum Gasteiger partial charge on any atom is 0.269 e. The molecule has 1 saturated heterocycles. The van der Waals surface area contributed by atoms with Gasteiger partial charge in [-0.1, -0.05) is 23.7 Å². The van der Waals surface area contributed by atoms with Gasteiger partial charge in [0.15, 0.2) is 16.7 Å². The van der Waals surface area contributed by atoms with Crippen molar-refractivity contribution in [2.24, 2.45) is 4.99 Å². The van der Waals surface area contributed by atoms with Gasteiger partial charge in [0, 0.05) is 18.7 Å². The van der Waals surface area contributed by atoms with Crippen LogP contribution in [0.2, 0.25) is 5.02 Å². The number of nitro benzene ring substituents is 1. The molecule has 1 fully saturated rings. The van der Waals surface area contributed by atoms with Gasteiger partial charge in [-0.05, 0) is 72.3 Å². The van der Waals surface area contributed by atoms with Crippen LogP contribution in [0.5, 0.6) is 11.5 Å². The molecule has 190 valence electrons. The van der Waals surface area contributed by atoms with E-state index in [0.717, 1.165) is 0 Å². The Morgan fingerprint density at radius 2 is 1.95 bits per heavy atom. The quantitative estimate of drug-likeness (QED) is 0.181. The lowest BCUT2D eigenvalue weighted by molar-refractivity contribution is -0.384. The van der Waals surface area contributed by atoms with Crippen LogP contribution < -0.4 is 9.47 Å². The van der Waals surface area contributed by atoms with E-state index in [2.05, 4.69) is 4.99 Å². The maximum absolute atomic E-state index is 13.2. The molecule has 4 rings (SSSR count). The molecule has 1 amide bonds. The summed E-state index contributed by atoms with van der Waals surface area (Å²) in [6.45, 7) is 2.30. The number of rotatable bonds is 8. The van der Waals surface area contributed by atoms with Gasteiger partial charge in [-0.15, -0.1) is 0 Å². The van der Waals surface area contributed by atoms with Gasteiger partial charge in [0.1, 0.15) is 12.4 Å². The molecule has 0 bridgehead atoms. The first-order chi connectivity index (χ1) is 17.8. The second-order valence-electron chi connectivity index (χ2n) is 7.78. The molecule has 1 aliphatic heterocycles. The van der Waals surface area contributed by atoms with Crippen LogP contribution in [-0.4, -0.2) is 34.6 Å². The third-order valence-electron chi connectivity index (χ3n) is 5.31. The number of aliphatic imine (C=N–C) groups is 1. The smallest absolute Gasteiger partial charge is 0.269 e. The Labute approximate surface area is 221 Å². The minimum Gasteiger partial charge on any atom is -0.493 e. The van der Waals surface area contributed by atoms with Crippen molar-refractivity contribution in [1.29, 1.82) is 0 Å². The molecule has 0 aromatic heterocycles. The van der Waals surface area contributed by atoms with E-state index < -0.39 is 4.92 Å². The van der Waals surface area contributed by atoms with E-state index in [0.29, 0.717) is 39.2 Å². The molecule has 1 heterocycles. The fraction of sp³-hybridized carbons (Fsp3) is 0.154. The number of amidine groups is 1. The second-order valence-corrected chi connectivity index (χ2v) is 9.20. The van der Waals surface area contributed by atoms with Gasteiger partial charge in [-0.2, -0.15) is 0 Å². The van der Waals surface area contributed by atoms with E-state index in [-0.39, 0.29) is 34.8 Å². The number of thioether (sulfide) groups is 1. The zero-order valence-electron chi connectivity index (χ0n) is 19.8. The SMILES string of the molecule is CCN1C(=O)/C(=C\c2cc(Cl)c(OCc3cccc([N+](=O)[O-])c3)c(OC)c2)SC1=Nc1ccc(F)cc1. The van der Waals surface area contributed by atoms with Gasteiger partial charge < -0.3 is 9.47 Å². The maximum atomic E-state index is 13.2. The molecule has 37 heavy (non-hydrogen) atoms. The molecule has 0 saturated carbocycles. The fourth-order valence-corrected chi connectivity index (χ4v) is 4.86. The number of carbonyl (C=O) groups is 1. The summed E-state index contributed by atoms with van der Waals surface area (Å²) in [5.41, 5.74) is 1.70. The highest BCUT2D eigenvalue weighted by atomic mass is 35.5. The number of non-ortho nitro benzene ring substituents is 1. The van der Waals surface area contributed by atoms with Crippen molar-refractivity contribution in [2.75, 3.05) is 13.7 Å². The van der Waals surface area contributed by atoms with Crippen LogP contribution >= 0.6 is 23.4 Å². The number of nitrogens with zero attached hydrogens (tertiary/aromatic N) is 3. The van der Waals surface area contributed by atoms with Crippen molar-refractivity contribution in [3.05, 3.63) is 97.6 Å². The molecule has 1 aliphatic rings. The molecule has 8 nitrogen and oxygen atoms in total. The molecule has 11 heteroatoms. The van der Waals surface area contributed by atoms with Crippen LogP contribution in [0.4, 0.5) is 15.8 Å². The van der Waals surface area contributed by atoms with Gasteiger partial charge in [0.05, 0.1) is 27.6 Å². The number of halogens is 2. The molecule has 0 radical (unpaired) electrons. The lowest BCUT2D eigenvalue weighted by Gasteiger charge is -2.14. The van der Waals surface area contributed by atoms with E-state index in [1.165, 1.54) is 48.0 Å². The molecule has 0 spiro atoms. The molecular formula is C26H21ClFN3O5S. The number of carbonyl (C=O) groups excluding carboxylic acids is 1. The predicted molar refractivity (Wildman–Crippen MR) is 142 cm³/mol. The van der Waals surface area contributed by atoms with E-state index in [9.17, 15) is 19.3 Å². The third-order valence-corrected chi connectivity index (χ3v) is 6.60. The number of hydrogen-bond donors (Lipinski definition) is 0. The molecule has 0 N–H and O–H groups in total. The molecule has 0 atom stereocenters. The van der Waals surface area contributed by atoms with Crippen molar-refractivity contribution in [1.82, 2.24) is 4.90 Å². The van der Waals surface area contributed by atoms with Gasteiger partial charge in [-0.25, -0.2) is 9.38 Å². The summed E-state index contributed by atoms with van der Waals surface area (Å²) in [5.74, 6) is 0.0366. The zero-order valence-corrected chi connectivity index (χ0v) is 21.4. The van der Waals surface area contributed by atoms with Gasteiger partial charge >= 0.3 is 0 Å². The summed E-state index contributed by atoms with van der Waals surface area (Å²) in [5, 5.41) is 11.8. The number of hydrogen-bond acceptors (Lipinski definition) is 7. The lowest BCUT2D eigenvalue weighted by atomic mass is 10.1. The fourth-order valence-electron chi connectivity index (χ4n) is 3.53. The van der Waals surface area contributed by atoms with Crippen LogP contribution in [-0.2, 0) is 11.4 Å². The van der Waals surface area contributed by atoms with Gasteiger partial charge in [0.25, 0.3) is 11.6 Å². The van der Waals surface area contributed by atoms with Crippen molar-refractivity contribution in [3.63, 3.8) is 0 Å². The highest BCUT2D eigenvalue weighted by molar-refractivity contribution is 8.18. The Kier molecular flexibility index (Phi) is 8.10. The Morgan fingerprint density at radius 1 is 1.19 bits per heavy atom. The summed E-state index contributed by atoms with van der Waals surface area (Å²) in [4.78, 5) is 30.0. The highest BCUT2D eigenvalue weighted by Crippen LogP contribution is 2.40. The topological polar surface area (TPSA) is 94.3 Å². The van der Waals surface area contributed by atoms with Crippen molar-refractivity contribution in [2.45, 2.75) is 13.5 Å². The van der Waals surface area contributed by atoms with Gasteiger partial charge in [0.2, 0.25) is 0 Å². The van der Waals surface area contributed by atoms with Crippen LogP contribution in [0.25, 0.3) is 6.08 Å². The minimum absolute atomic E-state index is 0.0386. The second kappa shape index (κ2) is 11.4. The highest BCUT2D eigenvalue weighted by Gasteiger charge is 2.32. The number of likely N-dealkylation sites (N-methyl/N-ethyl adjacent to an activating group) is 1. The first kappa shape index (κ1) is 26.2. The van der Waals surface area contributed by atoms with Crippen molar-refractivity contribution >= 4 is 51.9 Å². The number of nitro groups is 1. The lowest BCUT2D eigenvalue weighted by Crippen LogP contribution is -2.28. The van der Waals surface area contributed by atoms with Crippen LogP contribution in [0.1, 0.15) is 18.1 Å². The largest absolute Gasteiger partial charge is 0.493 e. The van der Waals surface area contributed by atoms with E-state index >= 15 is 0 Å². The molecule has 3 aromatic carbocycles. The number of methoxy groups -OCH3 is 1. The van der Waals surface area contributed by atoms with E-state index in [1.54, 1.807) is 42.5 Å². The number of amides is 1. The van der Waals surface area contributed by atoms with Crippen molar-refractivity contribution in [3.8, 4) is 11.5 Å². The Balaban J connectivity index is 1.58. The summed E-state index contributed by atoms with van der Waals surface area (Å²) in [6, 6.07) is 15.1. The average molecular weight is 542 g/mol. The summed E-state index contributed by atoms with van der Waals surface area (Å²) in [7, 11) is 1.46. The number of ether oxygens (including phenoxy) is 2. The molecule has 3 aromatic rings. The molecule has 0 aliphatic carbocycles. The molecular weight excluding hydrogens is 521 g/mol. The minimum atomic E-state index is -0.475. The Bertz CT molecular complexity index is 1410. The Morgan fingerprint density at radius 3 is 2.62 bits per heavy atom. The zero-order chi connectivity index (χ0) is 26.5. The average Bonchev–Trinajstić information content (AvgIpc) is 3.17. The van der Waals surface area contributed by atoms with E-state index in [4.69, 9.17) is 21.1 Å².